The van der Waals surface area contributed by atoms with E-state index >= 15 is 0 Å². The third-order valence-electron chi connectivity index (χ3n) is 3.49. The molecule has 25 heavy (non-hydrogen) atoms. The number of halogens is 2. The lowest BCUT2D eigenvalue weighted by Crippen LogP contribution is -2.28. The number of benzene rings is 1. The summed E-state index contributed by atoms with van der Waals surface area (Å²) in [4.78, 5) is 16.1. The molecule has 0 atom stereocenters. The number of hydrogen-bond acceptors (Lipinski definition) is 4. The second-order valence-corrected chi connectivity index (χ2v) is 5.68. The van der Waals surface area contributed by atoms with Gasteiger partial charge in [0, 0.05) is 11.8 Å². The van der Waals surface area contributed by atoms with Gasteiger partial charge < -0.3 is 9.84 Å². The molecule has 2 heterocycles. The van der Waals surface area contributed by atoms with Gasteiger partial charge in [-0.05, 0) is 31.2 Å². The van der Waals surface area contributed by atoms with Gasteiger partial charge in [-0.15, -0.1) is 0 Å². The predicted molar refractivity (Wildman–Crippen MR) is 91.7 cm³/mol. The maximum atomic E-state index is 13.9. The minimum absolute atomic E-state index is 0.222. The van der Waals surface area contributed by atoms with Gasteiger partial charge in [0.15, 0.2) is 11.6 Å². The van der Waals surface area contributed by atoms with Gasteiger partial charge in [-0.25, -0.2) is 9.18 Å². The molecule has 3 aromatic rings. The summed E-state index contributed by atoms with van der Waals surface area (Å²) in [6.07, 6.45) is 1.50. The van der Waals surface area contributed by atoms with Crippen LogP contribution < -0.4 is 10.6 Å². The summed E-state index contributed by atoms with van der Waals surface area (Å²) in [5.74, 6) is 0.0687. The first-order valence-corrected chi connectivity index (χ1v) is 7.79. The lowest BCUT2D eigenvalue weighted by atomic mass is 10.1. The number of amides is 2. The lowest BCUT2D eigenvalue weighted by Gasteiger charge is -2.05. The molecule has 0 fully saturated rings. The number of rotatable bonds is 4. The van der Waals surface area contributed by atoms with Crippen LogP contribution >= 0.6 is 11.6 Å². The molecule has 0 saturated heterocycles. The molecule has 0 bridgehead atoms. The molecule has 3 rings (SSSR count). The van der Waals surface area contributed by atoms with Crippen molar-refractivity contribution >= 4 is 23.4 Å². The van der Waals surface area contributed by atoms with Crippen molar-refractivity contribution in [3.05, 3.63) is 64.7 Å². The predicted octanol–water partition coefficient (Wildman–Crippen LogP) is 4.16. The molecule has 2 aromatic heterocycles. The zero-order valence-corrected chi connectivity index (χ0v) is 14.0. The van der Waals surface area contributed by atoms with Crippen LogP contribution in [0.3, 0.4) is 0 Å². The zero-order chi connectivity index (χ0) is 17.8. The third kappa shape index (κ3) is 3.95. The summed E-state index contributed by atoms with van der Waals surface area (Å²) < 4.78 is 19.0. The molecule has 6 nitrogen and oxygen atoms in total. The Labute approximate surface area is 148 Å². The number of aromatic nitrogens is 2. The summed E-state index contributed by atoms with van der Waals surface area (Å²) >= 11 is 5.76. The first kappa shape index (κ1) is 16.9. The number of nitrogens with one attached hydrogen (secondary N) is 2. The van der Waals surface area contributed by atoms with Crippen molar-refractivity contribution in [1.29, 1.82) is 0 Å². The number of pyridine rings is 1. The van der Waals surface area contributed by atoms with Crippen molar-refractivity contribution < 1.29 is 13.7 Å². The molecular formula is C17H14ClFN4O2. The van der Waals surface area contributed by atoms with Crippen LogP contribution in [0, 0.1) is 12.7 Å². The van der Waals surface area contributed by atoms with Gasteiger partial charge >= 0.3 is 6.03 Å². The highest BCUT2D eigenvalue weighted by Gasteiger charge is 2.18. The fraction of sp³-hybridized carbons (Fsp3) is 0.118. The first-order chi connectivity index (χ1) is 12.0. The average Bonchev–Trinajstić information content (AvgIpc) is 2.95. The Morgan fingerprint density at radius 3 is 2.80 bits per heavy atom. The Balaban J connectivity index is 1.66. The highest BCUT2D eigenvalue weighted by atomic mass is 35.5. The molecule has 0 aliphatic carbocycles. The van der Waals surface area contributed by atoms with E-state index in [-0.39, 0.29) is 23.7 Å². The Morgan fingerprint density at radius 1 is 1.28 bits per heavy atom. The Hall–Kier alpha value is -2.93. The molecule has 1 aromatic carbocycles. The van der Waals surface area contributed by atoms with Crippen LogP contribution in [0.5, 0.6) is 0 Å². The number of nitrogens with zero attached hydrogens (tertiary/aromatic N) is 2. The van der Waals surface area contributed by atoms with Crippen molar-refractivity contribution in [2.45, 2.75) is 13.5 Å². The molecule has 0 aliphatic heterocycles. The average molecular weight is 361 g/mol. The summed E-state index contributed by atoms with van der Waals surface area (Å²) in [6.45, 7) is 1.91. The molecule has 8 heteroatoms. The highest BCUT2D eigenvalue weighted by Crippen LogP contribution is 2.30. The van der Waals surface area contributed by atoms with Crippen molar-refractivity contribution in [3.8, 4) is 11.3 Å². The second-order valence-electron chi connectivity index (χ2n) is 5.24. The third-order valence-corrected chi connectivity index (χ3v) is 3.72. The normalized spacial score (nSPS) is 10.5. The monoisotopic (exact) mass is 360 g/mol. The van der Waals surface area contributed by atoms with E-state index in [4.69, 9.17) is 16.1 Å². The molecule has 2 amide bonds. The standard InChI is InChI=1S/C17H14ClFN4O2/c1-10-15(13-4-2-3-5-14(13)19)25-23-16(10)22-17(24)21-9-12-7-6-11(18)8-20-12/h2-8H,9H2,1H3,(H2,21,22,23,24). The van der Waals surface area contributed by atoms with E-state index in [9.17, 15) is 9.18 Å². The van der Waals surface area contributed by atoms with E-state index in [0.29, 0.717) is 16.3 Å². The van der Waals surface area contributed by atoms with Gasteiger partial charge in [-0.2, -0.15) is 0 Å². The van der Waals surface area contributed by atoms with Crippen molar-refractivity contribution in [2.75, 3.05) is 5.32 Å². The smallest absolute Gasteiger partial charge is 0.320 e. The first-order valence-electron chi connectivity index (χ1n) is 7.41. The number of carbonyl (C=O) groups excluding carboxylic acids is 1. The van der Waals surface area contributed by atoms with Crippen LogP contribution in [0.1, 0.15) is 11.3 Å². The van der Waals surface area contributed by atoms with E-state index in [1.165, 1.54) is 12.3 Å². The number of hydrogen-bond donors (Lipinski definition) is 2. The summed E-state index contributed by atoms with van der Waals surface area (Å²) in [5.41, 5.74) is 1.47. The maximum absolute atomic E-state index is 13.9. The molecular weight excluding hydrogens is 347 g/mol. The fourth-order valence-electron chi connectivity index (χ4n) is 2.18. The van der Waals surface area contributed by atoms with Gasteiger partial charge in [0.1, 0.15) is 5.82 Å². The van der Waals surface area contributed by atoms with Crippen LogP contribution in [0.4, 0.5) is 15.0 Å². The molecule has 0 spiro atoms. The van der Waals surface area contributed by atoms with E-state index < -0.39 is 11.8 Å². The minimum Gasteiger partial charge on any atom is -0.354 e. The Bertz CT molecular complexity index is 896. The van der Waals surface area contributed by atoms with E-state index in [0.717, 1.165) is 0 Å². The molecule has 2 N–H and O–H groups in total. The number of anilines is 1. The fourth-order valence-corrected chi connectivity index (χ4v) is 2.29. The molecule has 128 valence electrons. The second kappa shape index (κ2) is 7.31. The van der Waals surface area contributed by atoms with Gasteiger partial charge in [0.05, 0.1) is 22.8 Å². The van der Waals surface area contributed by atoms with Crippen LogP contribution in [-0.2, 0) is 6.54 Å². The highest BCUT2D eigenvalue weighted by molar-refractivity contribution is 6.30. The largest absolute Gasteiger partial charge is 0.354 e. The maximum Gasteiger partial charge on any atom is 0.320 e. The lowest BCUT2D eigenvalue weighted by molar-refractivity contribution is 0.251. The van der Waals surface area contributed by atoms with Crippen LogP contribution in [-0.4, -0.2) is 16.2 Å². The van der Waals surface area contributed by atoms with Crippen LogP contribution in [0.2, 0.25) is 5.02 Å². The minimum atomic E-state index is -0.478. The van der Waals surface area contributed by atoms with Gasteiger partial charge in [-0.1, -0.05) is 28.9 Å². The summed E-state index contributed by atoms with van der Waals surface area (Å²) in [5, 5.41) is 9.53. The van der Waals surface area contributed by atoms with E-state index in [1.54, 1.807) is 37.3 Å². The van der Waals surface area contributed by atoms with Crippen molar-refractivity contribution in [1.82, 2.24) is 15.5 Å². The van der Waals surface area contributed by atoms with Crippen LogP contribution in [0.15, 0.2) is 47.1 Å². The molecule has 0 saturated carbocycles. The summed E-state index contributed by atoms with van der Waals surface area (Å²) in [7, 11) is 0. The molecule has 0 unspecified atom stereocenters. The number of urea groups is 1. The topological polar surface area (TPSA) is 80.0 Å². The zero-order valence-electron chi connectivity index (χ0n) is 13.2. The van der Waals surface area contributed by atoms with E-state index in [1.807, 2.05) is 0 Å². The van der Waals surface area contributed by atoms with Gasteiger partial charge in [0.2, 0.25) is 0 Å². The Morgan fingerprint density at radius 2 is 2.08 bits per heavy atom. The van der Waals surface area contributed by atoms with Gasteiger partial charge in [0.25, 0.3) is 0 Å². The van der Waals surface area contributed by atoms with Crippen molar-refractivity contribution in [3.63, 3.8) is 0 Å². The molecule has 0 radical (unpaired) electrons. The Kier molecular flexibility index (Phi) is 4.95. The van der Waals surface area contributed by atoms with Crippen LogP contribution in [0.25, 0.3) is 11.3 Å². The quantitative estimate of drug-likeness (QED) is 0.732. The van der Waals surface area contributed by atoms with Crippen molar-refractivity contribution in [2.24, 2.45) is 0 Å². The summed E-state index contributed by atoms with van der Waals surface area (Å²) in [6, 6.07) is 9.11. The molecule has 0 aliphatic rings. The van der Waals surface area contributed by atoms with Gasteiger partial charge in [-0.3, -0.25) is 10.3 Å². The van der Waals surface area contributed by atoms with E-state index in [2.05, 4.69) is 20.8 Å². The SMILES string of the molecule is Cc1c(NC(=O)NCc2ccc(Cl)cn2)noc1-c1ccccc1F. The number of carbonyl (C=O) groups is 1.